The van der Waals surface area contributed by atoms with E-state index < -0.39 is 0 Å². The number of hydrogen-bond donors (Lipinski definition) is 1. The quantitative estimate of drug-likeness (QED) is 0.818. The van der Waals surface area contributed by atoms with Crippen LogP contribution in [0.1, 0.15) is 11.1 Å². The lowest BCUT2D eigenvalue weighted by Crippen LogP contribution is -2.21. The van der Waals surface area contributed by atoms with Gasteiger partial charge in [0.2, 0.25) is 0 Å². The molecule has 4 nitrogen and oxygen atoms in total. The third-order valence-corrected chi connectivity index (χ3v) is 2.41. The minimum Gasteiger partial charge on any atom is -0.384 e. The minimum atomic E-state index is 0.0258. The summed E-state index contributed by atoms with van der Waals surface area (Å²) in [4.78, 5) is 15.7. The normalized spacial score (nSPS) is 10.3. The van der Waals surface area contributed by atoms with E-state index in [0.717, 1.165) is 11.1 Å². The number of nitrogens with two attached hydrogens (primary N) is 1. The zero-order valence-corrected chi connectivity index (χ0v) is 9.05. The van der Waals surface area contributed by atoms with Crippen LogP contribution in [0.2, 0.25) is 0 Å². The molecule has 0 saturated carbocycles. The highest BCUT2D eigenvalue weighted by atomic mass is 16.1. The first-order valence-corrected chi connectivity index (χ1v) is 5.03. The van der Waals surface area contributed by atoms with Crippen molar-refractivity contribution in [2.75, 3.05) is 5.73 Å². The summed E-state index contributed by atoms with van der Waals surface area (Å²) in [5, 5.41) is 0. The second-order valence-corrected chi connectivity index (χ2v) is 3.71. The van der Waals surface area contributed by atoms with Crippen molar-refractivity contribution in [3.05, 3.63) is 58.1 Å². The van der Waals surface area contributed by atoms with Crippen LogP contribution in [-0.2, 0) is 6.54 Å². The molecule has 2 rings (SSSR count). The highest BCUT2D eigenvalue weighted by molar-refractivity contribution is 5.32. The van der Waals surface area contributed by atoms with Crippen LogP contribution in [0.5, 0.6) is 0 Å². The average Bonchev–Trinajstić information content (AvgIpc) is 2.25. The summed E-state index contributed by atoms with van der Waals surface area (Å²) in [5.74, 6) is 0.471. The molecule has 0 amide bonds. The Kier molecular flexibility index (Phi) is 2.72. The molecule has 2 N–H and O–H groups in total. The third kappa shape index (κ3) is 2.11. The molecule has 0 aliphatic rings. The van der Waals surface area contributed by atoms with E-state index in [9.17, 15) is 4.79 Å². The lowest BCUT2D eigenvalue weighted by molar-refractivity contribution is 0.752. The van der Waals surface area contributed by atoms with Gasteiger partial charge >= 0.3 is 0 Å². The maximum atomic E-state index is 11.8. The zero-order chi connectivity index (χ0) is 11.5. The van der Waals surface area contributed by atoms with Crippen LogP contribution in [0.15, 0.2) is 41.5 Å². The Balaban J connectivity index is 2.34. The van der Waals surface area contributed by atoms with Gasteiger partial charge in [0.25, 0.3) is 5.56 Å². The first-order chi connectivity index (χ1) is 7.66. The van der Waals surface area contributed by atoms with Crippen LogP contribution in [-0.4, -0.2) is 9.55 Å². The van der Waals surface area contributed by atoms with E-state index in [-0.39, 0.29) is 5.56 Å². The van der Waals surface area contributed by atoms with Gasteiger partial charge in [0.05, 0.1) is 6.54 Å². The van der Waals surface area contributed by atoms with Gasteiger partial charge in [-0.15, -0.1) is 0 Å². The molecule has 0 atom stereocenters. The van der Waals surface area contributed by atoms with Crippen LogP contribution in [0.4, 0.5) is 5.82 Å². The Hall–Kier alpha value is -2.10. The van der Waals surface area contributed by atoms with Crippen LogP contribution < -0.4 is 11.3 Å². The number of rotatable bonds is 2. The molecule has 2 aromatic heterocycles. The standard InChI is InChI=1S/C12H13N3O/c1-9-3-2-6-15(12(9)16)8-10-4-5-14-11(13)7-10/h2-7H,8H2,1H3,(H2,13,14). The summed E-state index contributed by atoms with van der Waals surface area (Å²) in [6, 6.07) is 7.29. The van der Waals surface area contributed by atoms with Gasteiger partial charge in [0.1, 0.15) is 5.82 Å². The molecule has 0 aliphatic heterocycles. The van der Waals surface area contributed by atoms with Gasteiger partial charge < -0.3 is 10.3 Å². The highest BCUT2D eigenvalue weighted by Crippen LogP contribution is 2.04. The van der Waals surface area contributed by atoms with Crippen LogP contribution in [0, 0.1) is 6.92 Å². The van der Waals surface area contributed by atoms with E-state index in [4.69, 9.17) is 5.73 Å². The first kappa shape index (κ1) is 10.4. The second kappa shape index (κ2) is 4.18. The summed E-state index contributed by atoms with van der Waals surface area (Å²) in [5.41, 5.74) is 7.32. The van der Waals surface area contributed by atoms with Crippen molar-refractivity contribution in [2.45, 2.75) is 13.5 Å². The van der Waals surface area contributed by atoms with Crippen molar-refractivity contribution >= 4 is 5.82 Å². The topological polar surface area (TPSA) is 60.9 Å². The van der Waals surface area contributed by atoms with Gasteiger partial charge in [-0.3, -0.25) is 4.79 Å². The number of nitrogens with zero attached hydrogens (tertiary/aromatic N) is 2. The van der Waals surface area contributed by atoms with E-state index >= 15 is 0 Å². The number of pyridine rings is 2. The van der Waals surface area contributed by atoms with Crippen LogP contribution >= 0.6 is 0 Å². The molecule has 0 aromatic carbocycles. The molecular formula is C12H13N3O. The largest absolute Gasteiger partial charge is 0.384 e. The van der Waals surface area contributed by atoms with Crippen molar-refractivity contribution in [3.8, 4) is 0 Å². The van der Waals surface area contributed by atoms with E-state index in [1.54, 1.807) is 36.0 Å². The van der Waals surface area contributed by atoms with Gasteiger partial charge in [0, 0.05) is 18.0 Å². The van der Waals surface area contributed by atoms with Gasteiger partial charge in [-0.25, -0.2) is 4.98 Å². The third-order valence-electron chi connectivity index (χ3n) is 2.41. The van der Waals surface area contributed by atoms with Crippen molar-refractivity contribution in [1.82, 2.24) is 9.55 Å². The summed E-state index contributed by atoms with van der Waals surface area (Å²) in [7, 11) is 0. The second-order valence-electron chi connectivity index (χ2n) is 3.71. The Morgan fingerprint density at radius 2 is 2.25 bits per heavy atom. The molecule has 4 heteroatoms. The zero-order valence-electron chi connectivity index (χ0n) is 9.05. The number of nitrogen functional groups attached to an aromatic ring is 1. The molecule has 0 bridgehead atoms. The van der Waals surface area contributed by atoms with Gasteiger partial charge in [-0.1, -0.05) is 6.07 Å². The fourth-order valence-electron chi connectivity index (χ4n) is 1.57. The summed E-state index contributed by atoms with van der Waals surface area (Å²) in [6.45, 7) is 2.33. The molecule has 0 spiro atoms. The number of anilines is 1. The van der Waals surface area contributed by atoms with Crippen LogP contribution in [0.3, 0.4) is 0 Å². The van der Waals surface area contributed by atoms with E-state index in [2.05, 4.69) is 4.98 Å². The van der Waals surface area contributed by atoms with E-state index in [1.165, 1.54) is 0 Å². The molecule has 2 heterocycles. The van der Waals surface area contributed by atoms with Gasteiger partial charge in [-0.2, -0.15) is 0 Å². The van der Waals surface area contributed by atoms with Crippen LogP contribution in [0.25, 0.3) is 0 Å². The highest BCUT2D eigenvalue weighted by Gasteiger charge is 2.00. The maximum Gasteiger partial charge on any atom is 0.253 e. The monoisotopic (exact) mass is 215 g/mol. The minimum absolute atomic E-state index is 0.0258. The van der Waals surface area contributed by atoms with E-state index in [1.807, 2.05) is 12.1 Å². The van der Waals surface area contributed by atoms with E-state index in [0.29, 0.717) is 12.4 Å². The molecule has 0 unspecified atom stereocenters. The van der Waals surface area contributed by atoms with Gasteiger partial charge in [-0.05, 0) is 30.7 Å². The SMILES string of the molecule is Cc1cccn(Cc2ccnc(N)c2)c1=O. The fourth-order valence-corrected chi connectivity index (χ4v) is 1.57. The molecule has 0 saturated heterocycles. The fraction of sp³-hybridized carbons (Fsp3) is 0.167. The molecule has 0 fully saturated rings. The van der Waals surface area contributed by atoms with Crippen molar-refractivity contribution in [3.63, 3.8) is 0 Å². The molecule has 82 valence electrons. The number of hydrogen-bond acceptors (Lipinski definition) is 3. The first-order valence-electron chi connectivity index (χ1n) is 5.03. The van der Waals surface area contributed by atoms with Crippen molar-refractivity contribution < 1.29 is 0 Å². The molecule has 0 radical (unpaired) electrons. The smallest absolute Gasteiger partial charge is 0.253 e. The summed E-state index contributed by atoms with van der Waals surface area (Å²) < 4.78 is 1.66. The molecular weight excluding hydrogens is 202 g/mol. The lowest BCUT2D eigenvalue weighted by atomic mass is 10.2. The maximum absolute atomic E-state index is 11.8. The predicted octanol–water partition coefficient (Wildman–Crippen LogP) is 1.18. The molecule has 0 aliphatic carbocycles. The summed E-state index contributed by atoms with van der Waals surface area (Å²) in [6.07, 6.45) is 3.41. The van der Waals surface area contributed by atoms with Gasteiger partial charge in [0.15, 0.2) is 0 Å². The lowest BCUT2D eigenvalue weighted by Gasteiger charge is -2.06. The summed E-state index contributed by atoms with van der Waals surface area (Å²) >= 11 is 0. The Labute approximate surface area is 93.4 Å². The number of aryl methyl sites for hydroxylation is 1. The molecule has 2 aromatic rings. The Morgan fingerprint density at radius 1 is 1.44 bits per heavy atom. The average molecular weight is 215 g/mol. The molecule has 16 heavy (non-hydrogen) atoms. The van der Waals surface area contributed by atoms with Crippen molar-refractivity contribution in [2.24, 2.45) is 0 Å². The Bertz CT molecular complexity index is 560. The predicted molar refractivity (Wildman–Crippen MR) is 63.2 cm³/mol. The Morgan fingerprint density at radius 3 is 3.00 bits per heavy atom. The van der Waals surface area contributed by atoms with Crippen molar-refractivity contribution in [1.29, 1.82) is 0 Å². The number of aromatic nitrogens is 2.